The summed E-state index contributed by atoms with van der Waals surface area (Å²) in [4.78, 5) is 15.2. The van der Waals surface area contributed by atoms with Gasteiger partial charge >= 0.3 is 0 Å². The molecule has 0 unspecified atom stereocenters. The zero-order chi connectivity index (χ0) is 24.2. The van der Waals surface area contributed by atoms with Crippen LogP contribution in [0.2, 0.25) is 0 Å². The van der Waals surface area contributed by atoms with Crippen LogP contribution in [0.5, 0.6) is 0 Å². The molecule has 4 nitrogen and oxygen atoms in total. The molecule has 0 atom stereocenters. The van der Waals surface area contributed by atoms with Gasteiger partial charge in [0.1, 0.15) is 14.1 Å². The van der Waals surface area contributed by atoms with Gasteiger partial charge in [0.05, 0.1) is 0 Å². The maximum atomic E-state index is 12.9. The summed E-state index contributed by atoms with van der Waals surface area (Å²) in [5.41, 5.74) is 6.40. The number of benzene rings is 2. The molecule has 0 saturated carbocycles. The molecule has 0 aliphatic heterocycles. The quantitative estimate of drug-likeness (QED) is 0.333. The van der Waals surface area contributed by atoms with Crippen molar-refractivity contribution in [3.05, 3.63) is 101 Å². The van der Waals surface area contributed by atoms with Gasteiger partial charge in [0.25, 0.3) is 0 Å². The van der Waals surface area contributed by atoms with Gasteiger partial charge in [-0.05, 0) is 60.9 Å². The Morgan fingerprint density at radius 2 is 1.41 bits per heavy atom. The highest BCUT2D eigenvalue weighted by atomic mass is 16.3. The summed E-state index contributed by atoms with van der Waals surface area (Å²) < 4.78 is 1.99. The van der Waals surface area contributed by atoms with Gasteiger partial charge in [0.2, 0.25) is 0 Å². The van der Waals surface area contributed by atoms with E-state index >= 15 is 0 Å². The van der Waals surface area contributed by atoms with Gasteiger partial charge in [-0.15, -0.1) is 0 Å². The number of carbonyl (C=O) groups is 1. The number of Topliss-reactive ketones (excluding diaryl/α,β-unsaturated/α-hetero) is 1. The van der Waals surface area contributed by atoms with Gasteiger partial charge in [-0.3, -0.25) is 4.79 Å². The lowest BCUT2D eigenvalue weighted by atomic mass is 9.80. The molecule has 2 aromatic carbocycles. The van der Waals surface area contributed by atoms with Gasteiger partial charge in [-0.2, -0.15) is 0 Å². The predicted octanol–water partition coefficient (Wildman–Crippen LogP) is 5.11. The summed E-state index contributed by atoms with van der Waals surface area (Å²) >= 11 is 0. The van der Waals surface area contributed by atoms with E-state index in [-0.39, 0.29) is 22.7 Å². The molecule has 0 saturated heterocycles. The molecule has 2 aliphatic rings. The first kappa shape index (κ1) is 23.5. The van der Waals surface area contributed by atoms with Crippen molar-refractivity contribution in [1.29, 1.82) is 0 Å². The molecule has 0 fully saturated rings. The molecule has 4 heteroatoms. The smallest absolute Gasteiger partial charge is 0.199 e. The third-order valence-electron chi connectivity index (χ3n) is 6.38. The average Bonchev–Trinajstić information content (AvgIpc) is 2.84. The molecule has 0 radical (unpaired) electrons. The average molecular weight is 453 g/mol. The highest BCUT2D eigenvalue weighted by Gasteiger charge is 2.30. The molecule has 0 bridgehead atoms. The predicted molar refractivity (Wildman–Crippen MR) is 139 cm³/mol. The zero-order valence-electron chi connectivity index (χ0n) is 20.5. The van der Waals surface area contributed by atoms with E-state index in [9.17, 15) is 9.90 Å². The maximum absolute atomic E-state index is 12.9. The normalized spacial score (nSPS) is 15.2. The molecule has 0 aromatic heterocycles. The standard InChI is InChI=1S/C30H32N2O2/c1-5-6-7-20-32(25-14-8-21(2)9-15-25)26-18-12-23(13-19-26)28-29(33)27(30(28)34)22-10-16-24(17-11-22)31(3)4/h8-19H,5-7,20H2,1-4H3. The second kappa shape index (κ2) is 10.1. The topological polar surface area (TPSA) is 46.4 Å². The molecule has 2 aliphatic carbocycles. The summed E-state index contributed by atoms with van der Waals surface area (Å²) in [6.07, 6.45) is 11.0. The van der Waals surface area contributed by atoms with Crippen molar-refractivity contribution in [2.75, 3.05) is 25.5 Å². The van der Waals surface area contributed by atoms with E-state index in [1.54, 1.807) is 0 Å². The minimum atomic E-state index is -0.173. The lowest BCUT2D eigenvalue weighted by molar-refractivity contribution is -0.462. The van der Waals surface area contributed by atoms with Crippen molar-refractivity contribution >= 4 is 28.4 Å². The number of ketones is 1. The number of allylic oxidation sites excluding steroid dienone is 7. The van der Waals surface area contributed by atoms with Crippen molar-refractivity contribution in [2.45, 2.75) is 33.1 Å². The van der Waals surface area contributed by atoms with Crippen LogP contribution in [-0.4, -0.2) is 36.7 Å². The molecule has 174 valence electrons. The highest BCUT2D eigenvalue weighted by molar-refractivity contribution is 6.39. The van der Waals surface area contributed by atoms with Crippen molar-refractivity contribution in [3.63, 3.8) is 0 Å². The summed E-state index contributed by atoms with van der Waals surface area (Å²) in [6, 6.07) is 16.4. The van der Waals surface area contributed by atoms with Gasteiger partial charge in [0.15, 0.2) is 11.5 Å². The number of rotatable bonds is 7. The second-order valence-corrected chi connectivity index (χ2v) is 9.09. The minimum absolute atomic E-state index is 0.173. The molecule has 2 aromatic rings. The van der Waals surface area contributed by atoms with Crippen molar-refractivity contribution in [1.82, 2.24) is 0 Å². The number of nitrogens with zero attached hydrogens (tertiary/aromatic N) is 2. The van der Waals surface area contributed by atoms with E-state index in [0.717, 1.165) is 30.1 Å². The molecule has 0 N–H and O–H groups in total. The van der Waals surface area contributed by atoms with Gasteiger partial charge in [0, 0.05) is 41.2 Å². The second-order valence-electron chi connectivity index (χ2n) is 9.09. The van der Waals surface area contributed by atoms with E-state index in [1.165, 1.54) is 18.4 Å². The number of unbranched alkanes of at least 4 members (excludes halogenated alkanes) is 2. The van der Waals surface area contributed by atoms with Crippen LogP contribution in [0.15, 0.2) is 89.7 Å². The largest absolute Gasteiger partial charge is 0.871 e. The lowest BCUT2D eigenvalue weighted by Crippen LogP contribution is -2.30. The van der Waals surface area contributed by atoms with Crippen LogP contribution >= 0.6 is 0 Å². The molecular weight excluding hydrogens is 420 g/mol. The van der Waals surface area contributed by atoms with Crippen LogP contribution in [0, 0.1) is 6.92 Å². The third kappa shape index (κ3) is 4.67. The fraction of sp³-hybridized carbons (Fsp3) is 0.267. The highest BCUT2D eigenvalue weighted by Crippen LogP contribution is 2.38. The SMILES string of the molecule is CCCCCN(c1ccc(C)cc1)c1ccc(C2=C([O-])C(=C3C=CC(=[N+](C)C)C=C3)C2=O)cc1. The number of carbonyl (C=O) groups excluding carboxylic acids is 1. The molecule has 4 rings (SSSR count). The summed E-state index contributed by atoms with van der Waals surface area (Å²) in [6.45, 7) is 5.22. The van der Waals surface area contributed by atoms with E-state index in [0.29, 0.717) is 11.1 Å². The first-order valence-corrected chi connectivity index (χ1v) is 12.0. The first-order valence-electron chi connectivity index (χ1n) is 12.0. The fourth-order valence-corrected chi connectivity index (χ4v) is 4.30. The van der Waals surface area contributed by atoms with Crippen LogP contribution in [0.1, 0.15) is 37.3 Å². The Bertz CT molecular complexity index is 1220. The first-order chi connectivity index (χ1) is 16.4. The molecule has 34 heavy (non-hydrogen) atoms. The van der Waals surface area contributed by atoms with Crippen molar-refractivity contribution in [3.8, 4) is 0 Å². The minimum Gasteiger partial charge on any atom is -0.871 e. The molecule has 0 spiro atoms. The Labute approximate surface area is 202 Å². The number of hydrogen-bond acceptors (Lipinski definition) is 3. The molecule has 0 heterocycles. The molecule has 0 amide bonds. The number of anilines is 2. The third-order valence-corrected chi connectivity index (χ3v) is 6.38. The number of aryl methyl sites for hydroxylation is 1. The monoisotopic (exact) mass is 452 g/mol. The van der Waals surface area contributed by atoms with Crippen LogP contribution in [0.4, 0.5) is 11.4 Å². The van der Waals surface area contributed by atoms with Crippen LogP contribution in [0.25, 0.3) is 5.57 Å². The van der Waals surface area contributed by atoms with Gasteiger partial charge in [-0.25, -0.2) is 4.58 Å². The Hall–Kier alpha value is -3.66. The van der Waals surface area contributed by atoms with Crippen molar-refractivity contribution in [2.24, 2.45) is 0 Å². The van der Waals surface area contributed by atoms with E-state index in [1.807, 2.05) is 67.2 Å². The molecular formula is C30H32N2O2. The number of hydrogen-bond donors (Lipinski definition) is 0. The van der Waals surface area contributed by atoms with E-state index < -0.39 is 0 Å². The maximum Gasteiger partial charge on any atom is 0.199 e. The zero-order valence-corrected chi connectivity index (χ0v) is 20.5. The Balaban J connectivity index is 1.60. The summed E-state index contributed by atoms with van der Waals surface area (Å²) in [7, 11) is 3.92. The fourth-order valence-electron chi connectivity index (χ4n) is 4.30. The Morgan fingerprint density at radius 3 is 1.94 bits per heavy atom. The Kier molecular flexibility index (Phi) is 6.97. The lowest BCUT2D eigenvalue weighted by Gasteiger charge is -2.32. The summed E-state index contributed by atoms with van der Waals surface area (Å²) in [5, 5.41) is 12.9. The Morgan fingerprint density at radius 1 is 0.824 bits per heavy atom. The summed E-state index contributed by atoms with van der Waals surface area (Å²) in [5.74, 6) is -0.345. The van der Waals surface area contributed by atoms with Gasteiger partial charge < -0.3 is 10.0 Å². The van der Waals surface area contributed by atoms with E-state index in [2.05, 4.69) is 43.0 Å². The van der Waals surface area contributed by atoms with Crippen LogP contribution in [-0.2, 0) is 4.79 Å². The van der Waals surface area contributed by atoms with Crippen LogP contribution < -0.4 is 10.0 Å². The van der Waals surface area contributed by atoms with E-state index in [4.69, 9.17) is 0 Å². The van der Waals surface area contributed by atoms with Gasteiger partial charge in [-0.1, -0.05) is 55.4 Å². The van der Waals surface area contributed by atoms with Crippen LogP contribution in [0.3, 0.4) is 0 Å². The van der Waals surface area contributed by atoms with Crippen molar-refractivity contribution < 1.29 is 14.5 Å².